The minimum absolute atomic E-state index is 1.02. The Labute approximate surface area is 274 Å². The first-order valence-electron chi connectivity index (χ1n) is 16.4. The SMILES string of the molecule is Cc1ccccc1N(C1=CC=C(C2=CC=C(c3ccc(N(c4ccccc4)c4ccccc4C)cc3)CC2)CC1)c1ccccc1. The Hall–Kier alpha value is -5.34. The van der Waals surface area contributed by atoms with E-state index in [1.807, 2.05) is 0 Å². The molecule has 0 saturated carbocycles. The molecular formula is C44H40N2. The van der Waals surface area contributed by atoms with Gasteiger partial charge in [0.2, 0.25) is 0 Å². The highest BCUT2D eigenvalue weighted by atomic mass is 15.2. The fourth-order valence-electron chi connectivity index (χ4n) is 6.72. The molecule has 0 amide bonds. The first kappa shape index (κ1) is 29.4. The van der Waals surface area contributed by atoms with Crippen molar-refractivity contribution in [2.75, 3.05) is 9.80 Å². The summed E-state index contributed by atoms with van der Waals surface area (Å²) in [6.45, 7) is 4.38. The summed E-state index contributed by atoms with van der Waals surface area (Å²) in [6, 6.07) is 47.8. The molecule has 2 aliphatic rings. The second kappa shape index (κ2) is 13.3. The minimum atomic E-state index is 1.02. The van der Waals surface area contributed by atoms with Crippen LogP contribution < -0.4 is 9.80 Å². The Morgan fingerprint density at radius 1 is 0.370 bits per heavy atom. The van der Waals surface area contributed by atoms with Gasteiger partial charge in [0, 0.05) is 34.1 Å². The van der Waals surface area contributed by atoms with Crippen molar-refractivity contribution in [2.45, 2.75) is 39.5 Å². The quantitative estimate of drug-likeness (QED) is 0.176. The zero-order valence-corrected chi connectivity index (χ0v) is 26.7. The van der Waals surface area contributed by atoms with E-state index in [-0.39, 0.29) is 0 Å². The molecule has 226 valence electrons. The van der Waals surface area contributed by atoms with Gasteiger partial charge in [-0.3, -0.25) is 0 Å². The Morgan fingerprint density at radius 3 is 1.33 bits per heavy atom. The minimum Gasteiger partial charge on any atom is -0.314 e. The first-order valence-corrected chi connectivity index (χ1v) is 16.4. The van der Waals surface area contributed by atoms with E-state index in [9.17, 15) is 0 Å². The standard InChI is InChI=1S/C44H40N2/c1-33-13-9-11-19-43(33)45(39-15-5-3-6-16-39)41-29-25-37(26-30-41)35-21-23-36(24-22-35)38-27-31-42(32-28-38)46(40-17-7-4-8-18-40)44-20-12-10-14-34(44)2/h3-21,23,25-27,29-31H,22,24,28,32H2,1-2H3. The lowest BCUT2D eigenvalue weighted by atomic mass is 9.86. The average molecular weight is 597 g/mol. The largest absolute Gasteiger partial charge is 0.314 e. The van der Waals surface area contributed by atoms with Crippen molar-refractivity contribution in [2.24, 2.45) is 0 Å². The molecule has 0 aliphatic heterocycles. The number of hydrogen-bond donors (Lipinski definition) is 0. The summed E-state index contributed by atoms with van der Waals surface area (Å²) in [6.07, 6.45) is 13.6. The Bertz CT molecular complexity index is 1940. The van der Waals surface area contributed by atoms with Crippen LogP contribution in [0.25, 0.3) is 5.57 Å². The highest BCUT2D eigenvalue weighted by molar-refractivity contribution is 5.80. The van der Waals surface area contributed by atoms with E-state index in [1.165, 1.54) is 61.9 Å². The molecule has 2 nitrogen and oxygen atoms in total. The molecule has 0 aromatic heterocycles. The predicted octanol–water partition coefficient (Wildman–Crippen LogP) is 12.3. The molecule has 5 aromatic rings. The molecule has 5 aromatic carbocycles. The summed E-state index contributed by atoms with van der Waals surface area (Å²) in [5.74, 6) is 0. The summed E-state index contributed by atoms with van der Waals surface area (Å²) in [7, 11) is 0. The van der Waals surface area contributed by atoms with E-state index in [0.717, 1.165) is 31.4 Å². The van der Waals surface area contributed by atoms with E-state index in [0.29, 0.717) is 0 Å². The number of nitrogens with zero attached hydrogens (tertiary/aromatic N) is 2. The number of aryl methyl sites for hydroxylation is 2. The first-order chi connectivity index (χ1) is 22.7. The van der Waals surface area contributed by atoms with Gasteiger partial charge >= 0.3 is 0 Å². The average Bonchev–Trinajstić information content (AvgIpc) is 3.12. The number of para-hydroxylation sites is 4. The van der Waals surface area contributed by atoms with Gasteiger partial charge < -0.3 is 9.80 Å². The van der Waals surface area contributed by atoms with Crippen LogP contribution in [0, 0.1) is 13.8 Å². The fourth-order valence-corrected chi connectivity index (χ4v) is 6.72. The highest BCUT2D eigenvalue weighted by Gasteiger charge is 2.21. The second-order valence-corrected chi connectivity index (χ2v) is 12.2. The molecule has 0 saturated heterocycles. The number of anilines is 5. The number of rotatable bonds is 8. The Kier molecular flexibility index (Phi) is 8.52. The second-order valence-electron chi connectivity index (χ2n) is 12.2. The smallest absolute Gasteiger partial charge is 0.0490 e. The van der Waals surface area contributed by atoms with Crippen molar-refractivity contribution < 1.29 is 0 Å². The molecule has 0 fully saturated rings. The molecule has 0 heterocycles. The van der Waals surface area contributed by atoms with Gasteiger partial charge in [-0.15, -0.1) is 0 Å². The Balaban J connectivity index is 1.12. The summed E-state index contributed by atoms with van der Waals surface area (Å²) in [4.78, 5) is 4.78. The van der Waals surface area contributed by atoms with Crippen LogP contribution in [-0.2, 0) is 0 Å². The normalized spacial score (nSPS) is 14.5. The third-order valence-corrected chi connectivity index (χ3v) is 9.21. The summed E-state index contributed by atoms with van der Waals surface area (Å²) in [5, 5.41) is 0. The van der Waals surface area contributed by atoms with Gasteiger partial charge in [0.05, 0.1) is 0 Å². The lowest BCUT2D eigenvalue weighted by Crippen LogP contribution is -2.19. The maximum Gasteiger partial charge on any atom is 0.0490 e. The highest BCUT2D eigenvalue weighted by Crippen LogP contribution is 2.40. The predicted molar refractivity (Wildman–Crippen MR) is 196 cm³/mol. The third kappa shape index (κ3) is 6.12. The van der Waals surface area contributed by atoms with Crippen molar-refractivity contribution in [3.8, 4) is 0 Å². The van der Waals surface area contributed by atoms with Crippen LogP contribution in [0.2, 0.25) is 0 Å². The van der Waals surface area contributed by atoms with E-state index < -0.39 is 0 Å². The maximum atomic E-state index is 2.43. The van der Waals surface area contributed by atoms with Gasteiger partial charge in [0.1, 0.15) is 0 Å². The van der Waals surface area contributed by atoms with Crippen molar-refractivity contribution in [1.29, 1.82) is 0 Å². The maximum absolute atomic E-state index is 2.43. The molecule has 0 unspecified atom stereocenters. The van der Waals surface area contributed by atoms with Gasteiger partial charge in [0.15, 0.2) is 0 Å². The fraction of sp³-hybridized carbons (Fsp3) is 0.136. The van der Waals surface area contributed by atoms with E-state index in [2.05, 4.69) is 181 Å². The van der Waals surface area contributed by atoms with Crippen LogP contribution in [0.5, 0.6) is 0 Å². The zero-order valence-electron chi connectivity index (χ0n) is 26.7. The molecular weight excluding hydrogens is 556 g/mol. The van der Waals surface area contributed by atoms with E-state index in [4.69, 9.17) is 0 Å². The van der Waals surface area contributed by atoms with E-state index >= 15 is 0 Å². The Morgan fingerprint density at radius 2 is 0.804 bits per heavy atom. The van der Waals surface area contributed by atoms with Crippen LogP contribution in [0.15, 0.2) is 175 Å². The molecule has 2 aliphatic carbocycles. The van der Waals surface area contributed by atoms with Gasteiger partial charge in [-0.2, -0.15) is 0 Å². The number of benzene rings is 5. The molecule has 0 N–H and O–H groups in total. The lowest BCUT2D eigenvalue weighted by molar-refractivity contribution is 0.853. The van der Waals surface area contributed by atoms with E-state index in [1.54, 1.807) is 0 Å². The molecule has 0 radical (unpaired) electrons. The number of hydrogen-bond acceptors (Lipinski definition) is 2. The molecule has 0 spiro atoms. The van der Waals surface area contributed by atoms with Gasteiger partial charge in [0.25, 0.3) is 0 Å². The van der Waals surface area contributed by atoms with Crippen molar-refractivity contribution >= 4 is 34.0 Å². The van der Waals surface area contributed by atoms with Gasteiger partial charge in [-0.05, 0) is 128 Å². The van der Waals surface area contributed by atoms with Crippen LogP contribution in [0.4, 0.5) is 28.4 Å². The monoisotopic (exact) mass is 596 g/mol. The third-order valence-electron chi connectivity index (χ3n) is 9.21. The van der Waals surface area contributed by atoms with Crippen molar-refractivity contribution in [3.63, 3.8) is 0 Å². The molecule has 0 atom stereocenters. The van der Waals surface area contributed by atoms with Gasteiger partial charge in [-0.25, -0.2) is 0 Å². The molecule has 0 bridgehead atoms. The zero-order chi connectivity index (χ0) is 31.3. The topological polar surface area (TPSA) is 6.48 Å². The van der Waals surface area contributed by atoms with Crippen LogP contribution in [0.3, 0.4) is 0 Å². The summed E-state index contributed by atoms with van der Waals surface area (Å²) < 4.78 is 0. The summed E-state index contributed by atoms with van der Waals surface area (Å²) >= 11 is 0. The van der Waals surface area contributed by atoms with Crippen molar-refractivity contribution in [3.05, 3.63) is 191 Å². The van der Waals surface area contributed by atoms with Crippen LogP contribution in [-0.4, -0.2) is 0 Å². The number of allylic oxidation sites excluding steroid dienone is 8. The molecule has 7 rings (SSSR count). The van der Waals surface area contributed by atoms with Gasteiger partial charge in [-0.1, -0.05) is 103 Å². The van der Waals surface area contributed by atoms with Crippen LogP contribution >= 0.6 is 0 Å². The lowest BCUT2D eigenvalue weighted by Gasteiger charge is -2.31. The molecule has 46 heavy (non-hydrogen) atoms. The summed E-state index contributed by atoms with van der Waals surface area (Å²) in [5.41, 5.74) is 15.5. The van der Waals surface area contributed by atoms with Crippen LogP contribution in [0.1, 0.15) is 42.4 Å². The molecule has 2 heteroatoms. The van der Waals surface area contributed by atoms with Crippen molar-refractivity contribution in [1.82, 2.24) is 0 Å².